The van der Waals surface area contributed by atoms with Gasteiger partial charge in [-0.05, 0) is 55.5 Å². The predicted octanol–water partition coefficient (Wildman–Crippen LogP) is 4.71. The van der Waals surface area contributed by atoms with Gasteiger partial charge in [0.25, 0.3) is 0 Å². The Morgan fingerprint density at radius 2 is 1.71 bits per heavy atom. The monoisotopic (exact) mass is 349 g/mol. The summed E-state index contributed by atoms with van der Waals surface area (Å²) in [6.07, 6.45) is 3.18. The van der Waals surface area contributed by atoms with Gasteiger partial charge in [-0.15, -0.1) is 12.4 Å². The highest BCUT2D eigenvalue weighted by Crippen LogP contribution is 2.38. The molecular weight excluding hydrogens is 325 g/mol. The Hall–Kier alpha value is -1.58. The molecular formula is C20H25ClFNO. The molecule has 130 valence electrons. The third kappa shape index (κ3) is 4.71. The summed E-state index contributed by atoms with van der Waals surface area (Å²) in [5.41, 5.74) is 0.680. The van der Waals surface area contributed by atoms with E-state index in [2.05, 4.69) is 29.2 Å². The molecule has 0 bridgehead atoms. The molecule has 1 N–H and O–H groups in total. The van der Waals surface area contributed by atoms with Crippen molar-refractivity contribution in [1.29, 1.82) is 0 Å². The zero-order valence-corrected chi connectivity index (χ0v) is 14.6. The fraction of sp³-hybridized carbons (Fsp3) is 0.400. The smallest absolute Gasteiger partial charge is 0.138 e. The van der Waals surface area contributed by atoms with E-state index in [1.165, 1.54) is 5.56 Å². The number of benzene rings is 2. The van der Waals surface area contributed by atoms with Gasteiger partial charge in [-0.2, -0.15) is 0 Å². The molecule has 1 aliphatic rings. The molecule has 1 fully saturated rings. The molecule has 0 spiro atoms. The van der Waals surface area contributed by atoms with Gasteiger partial charge in [0.15, 0.2) is 0 Å². The van der Waals surface area contributed by atoms with Gasteiger partial charge in [0.05, 0.1) is 0 Å². The SMILES string of the molecule is Cl.Oc1cccc(C2(F)CCN(CCCc3ccccc3)CC2)c1. The Kier molecular flexibility index (Phi) is 6.64. The molecule has 0 aliphatic carbocycles. The van der Waals surface area contributed by atoms with E-state index < -0.39 is 5.67 Å². The Bertz CT molecular complexity index is 627. The lowest BCUT2D eigenvalue weighted by molar-refractivity contribution is 0.0554. The van der Waals surface area contributed by atoms with Gasteiger partial charge in [0.1, 0.15) is 11.4 Å². The van der Waals surface area contributed by atoms with Crippen LogP contribution in [0.5, 0.6) is 5.75 Å². The minimum Gasteiger partial charge on any atom is -0.508 e. The first-order chi connectivity index (χ1) is 11.2. The van der Waals surface area contributed by atoms with Gasteiger partial charge >= 0.3 is 0 Å². The summed E-state index contributed by atoms with van der Waals surface area (Å²) in [6, 6.07) is 17.2. The first kappa shape index (κ1) is 18.8. The largest absolute Gasteiger partial charge is 0.508 e. The van der Waals surface area contributed by atoms with E-state index in [1.807, 2.05) is 6.07 Å². The van der Waals surface area contributed by atoms with Gasteiger partial charge in [0, 0.05) is 13.1 Å². The highest BCUT2D eigenvalue weighted by molar-refractivity contribution is 5.85. The number of hydrogen-bond acceptors (Lipinski definition) is 2. The van der Waals surface area contributed by atoms with E-state index in [1.54, 1.807) is 24.3 Å². The summed E-state index contributed by atoms with van der Waals surface area (Å²) >= 11 is 0. The Morgan fingerprint density at radius 1 is 1.00 bits per heavy atom. The zero-order chi connectivity index (χ0) is 16.1. The molecule has 0 radical (unpaired) electrons. The van der Waals surface area contributed by atoms with Crippen LogP contribution in [0.4, 0.5) is 4.39 Å². The van der Waals surface area contributed by atoms with Crippen molar-refractivity contribution < 1.29 is 9.50 Å². The number of phenols is 1. The van der Waals surface area contributed by atoms with Crippen LogP contribution in [-0.4, -0.2) is 29.6 Å². The maximum atomic E-state index is 15.1. The average molecular weight is 350 g/mol. The lowest BCUT2D eigenvalue weighted by Gasteiger charge is -2.36. The van der Waals surface area contributed by atoms with Crippen molar-refractivity contribution in [2.24, 2.45) is 0 Å². The van der Waals surface area contributed by atoms with Gasteiger partial charge in [-0.3, -0.25) is 0 Å². The predicted molar refractivity (Wildman–Crippen MR) is 98.6 cm³/mol. The third-order valence-corrected chi connectivity index (χ3v) is 4.79. The lowest BCUT2D eigenvalue weighted by atomic mass is 9.86. The second-order valence-electron chi connectivity index (χ2n) is 6.45. The van der Waals surface area contributed by atoms with Crippen molar-refractivity contribution in [3.63, 3.8) is 0 Å². The van der Waals surface area contributed by atoms with Crippen LogP contribution in [0.3, 0.4) is 0 Å². The average Bonchev–Trinajstić information content (AvgIpc) is 2.58. The molecule has 4 heteroatoms. The van der Waals surface area contributed by atoms with Crippen LogP contribution in [0.15, 0.2) is 54.6 Å². The molecule has 24 heavy (non-hydrogen) atoms. The van der Waals surface area contributed by atoms with E-state index >= 15 is 4.39 Å². The zero-order valence-electron chi connectivity index (χ0n) is 13.8. The third-order valence-electron chi connectivity index (χ3n) is 4.79. The number of halogens is 2. The maximum absolute atomic E-state index is 15.1. The summed E-state index contributed by atoms with van der Waals surface area (Å²) < 4.78 is 15.1. The van der Waals surface area contributed by atoms with Crippen LogP contribution in [0.25, 0.3) is 0 Å². The molecule has 0 saturated carbocycles. The lowest BCUT2D eigenvalue weighted by Crippen LogP contribution is -2.40. The first-order valence-corrected chi connectivity index (χ1v) is 8.40. The highest BCUT2D eigenvalue weighted by atomic mass is 35.5. The van der Waals surface area contributed by atoms with Gasteiger partial charge in [0.2, 0.25) is 0 Å². The second-order valence-corrected chi connectivity index (χ2v) is 6.45. The topological polar surface area (TPSA) is 23.5 Å². The molecule has 0 aromatic heterocycles. The van der Waals surface area contributed by atoms with E-state index in [-0.39, 0.29) is 18.2 Å². The molecule has 1 aliphatic heterocycles. The fourth-order valence-corrected chi connectivity index (χ4v) is 3.36. The number of nitrogens with zero attached hydrogens (tertiary/aromatic N) is 1. The van der Waals surface area contributed by atoms with Crippen LogP contribution in [-0.2, 0) is 12.1 Å². The summed E-state index contributed by atoms with van der Waals surface area (Å²) in [4.78, 5) is 2.35. The van der Waals surface area contributed by atoms with Crippen LogP contribution in [0.1, 0.15) is 30.4 Å². The van der Waals surface area contributed by atoms with E-state index in [0.29, 0.717) is 18.4 Å². The van der Waals surface area contributed by atoms with Crippen LogP contribution in [0, 0.1) is 0 Å². The standard InChI is InChI=1S/C20H24FNO.ClH/c21-20(18-9-4-10-19(23)16-18)11-14-22(15-12-20)13-5-8-17-6-2-1-3-7-17;/h1-4,6-7,9-10,16,23H,5,8,11-15H2;1H. The van der Waals surface area contributed by atoms with E-state index in [4.69, 9.17) is 0 Å². The van der Waals surface area contributed by atoms with Crippen LogP contribution >= 0.6 is 12.4 Å². The summed E-state index contributed by atoms with van der Waals surface area (Å²) in [6.45, 7) is 2.58. The number of likely N-dealkylation sites (tertiary alicyclic amines) is 1. The molecule has 2 nitrogen and oxygen atoms in total. The molecule has 0 unspecified atom stereocenters. The summed E-state index contributed by atoms with van der Waals surface area (Å²) in [5, 5.41) is 9.56. The van der Waals surface area contributed by atoms with Gasteiger partial charge in [-0.25, -0.2) is 4.39 Å². The minimum atomic E-state index is -1.30. The van der Waals surface area contributed by atoms with Crippen LogP contribution < -0.4 is 0 Å². The van der Waals surface area contributed by atoms with E-state index in [9.17, 15) is 5.11 Å². The number of aryl methyl sites for hydroxylation is 1. The van der Waals surface area contributed by atoms with E-state index in [0.717, 1.165) is 32.5 Å². The Morgan fingerprint density at radius 3 is 2.38 bits per heavy atom. The van der Waals surface area contributed by atoms with Gasteiger partial charge in [-0.1, -0.05) is 42.5 Å². The number of alkyl halides is 1. The van der Waals surface area contributed by atoms with Crippen molar-refractivity contribution in [3.8, 4) is 5.75 Å². The van der Waals surface area contributed by atoms with Crippen molar-refractivity contribution in [1.82, 2.24) is 4.90 Å². The normalized spacial score (nSPS) is 17.2. The van der Waals surface area contributed by atoms with Crippen molar-refractivity contribution >= 4 is 12.4 Å². The Labute approximate surface area is 149 Å². The molecule has 0 atom stereocenters. The van der Waals surface area contributed by atoms with Crippen LogP contribution in [0.2, 0.25) is 0 Å². The number of piperidine rings is 1. The van der Waals surface area contributed by atoms with Crippen molar-refractivity contribution in [2.45, 2.75) is 31.4 Å². The molecule has 3 rings (SSSR count). The minimum absolute atomic E-state index is 0. The Balaban J connectivity index is 0.00000208. The maximum Gasteiger partial charge on any atom is 0.138 e. The van der Waals surface area contributed by atoms with Crippen molar-refractivity contribution in [3.05, 3.63) is 65.7 Å². The number of hydrogen-bond donors (Lipinski definition) is 1. The molecule has 2 aromatic rings. The number of aromatic hydroxyl groups is 1. The van der Waals surface area contributed by atoms with Gasteiger partial charge < -0.3 is 10.0 Å². The quantitative estimate of drug-likeness (QED) is 0.845. The fourth-order valence-electron chi connectivity index (χ4n) is 3.36. The van der Waals surface area contributed by atoms with Crippen molar-refractivity contribution in [2.75, 3.05) is 19.6 Å². The summed E-state index contributed by atoms with van der Waals surface area (Å²) in [5.74, 6) is 0.143. The summed E-state index contributed by atoms with van der Waals surface area (Å²) in [7, 11) is 0. The second kappa shape index (κ2) is 8.50. The highest BCUT2D eigenvalue weighted by Gasteiger charge is 2.36. The molecule has 1 saturated heterocycles. The number of phenolic OH excluding ortho intramolecular Hbond substituents is 1. The molecule has 1 heterocycles. The number of rotatable bonds is 5. The first-order valence-electron chi connectivity index (χ1n) is 8.40. The molecule has 2 aromatic carbocycles. The molecule has 0 amide bonds.